The van der Waals surface area contributed by atoms with E-state index in [0.717, 1.165) is 11.1 Å². The molecular weight excluding hydrogens is 241 g/mol. The lowest BCUT2D eigenvalue weighted by molar-refractivity contribution is 0.320. The van der Waals surface area contributed by atoms with Crippen LogP contribution < -0.4 is 0 Å². The molecule has 3 heteroatoms. The summed E-state index contributed by atoms with van der Waals surface area (Å²) in [5, 5.41) is 11.4. The quantitative estimate of drug-likeness (QED) is 0.490. The van der Waals surface area contributed by atoms with Gasteiger partial charge in [-0.15, -0.1) is 5.16 Å². The second-order valence-corrected chi connectivity index (χ2v) is 4.56. The lowest BCUT2D eigenvalue weighted by Gasteiger charge is -2.10. The van der Waals surface area contributed by atoms with E-state index in [2.05, 4.69) is 24.2 Å². The number of rotatable bonds is 4. The smallest absolute Gasteiger partial charge is 0.123 e. The summed E-state index contributed by atoms with van der Waals surface area (Å²) >= 11 is 0. The third-order valence-corrected chi connectivity index (χ3v) is 3.20. The molecule has 0 saturated heterocycles. The number of hydrogen-bond acceptors (Lipinski definition) is 2. The molecule has 2 aromatic carbocycles. The van der Waals surface area contributed by atoms with Crippen LogP contribution in [0, 0.1) is 5.82 Å². The van der Waals surface area contributed by atoms with Crippen LogP contribution >= 0.6 is 0 Å². The van der Waals surface area contributed by atoms with Gasteiger partial charge in [-0.1, -0.05) is 43.3 Å². The summed E-state index contributed by atoms with van der Waals surface area (Å²) in [6.07, 6.45) is 2.20. The molecule has 0 aromatic heterocycles. The molecule has 0 saturated carbocycles. The molecule has 2 rings (SSSR count). The lowest BCUT2D eigenvalue weighted by Crippen LogP contribution is -1.94. The molecule has 0 bridgehead atoms. The van der Waals surface area contributed by atoms with Crippen LogP contribution in [0.2, 0.25) is 0 Å². The Bertz CT molecular complexity index is 546. The predicted molar refractivity (Wildman–Crippen MR) is 75.1 cm³/mol. The first-order valence-corrected chi connectivity index (χ1v) is 6.22. The molecule has 0 aliphatic rings. The Morgan fingerprint density at radius 3 is 2.11 bits per heavy atom. The van der Waals surface area contributed by atoms with Crippen molar-refractivity contribution in [1.82, 2.24) is 0 Å². The minimum absolute atomic E-state index is 0.225. The first-order chi connectivity index (χ1) is 9.20. The fourth-order valence-corrected chi connectivity index (χ4v) is 1.99. The summed E-state index contributed by atoms with van der Waals surface area (Å²) in [6, 6.07) is 14.6. The van der Waals surface area contributed by atoms with Crippen LogP contribution in [0.4, 0.5) is 4.39 Å². The Balaban J connectivity index is 2.16. The van der Waals surface area contributed by atoms with Crippen molar-refractivity contribution in [3.8, 4) is 11.1 Å². The van der Waals surface area contributed by atoms with Gasteiger partial charge in [-0.25, -0.2) is 4.39 Å². The van der Waals surface area contributed by atoms with Gasteiger partial charge >= 0.3 is 0 Å². The Hall–Kier alpha value is -2.16. The third kappa shape index (κ3) is 3.41. The highest BCUT2D eigenvalue weighted by atomic mass is 19.1. The van der Waals surface area contributed by atoms with Crippen LogP contribution in [0.3, 0.4) is 0 Å². The summed E-state index contributed by atoms with van der Waals surface area (Å²) in [6.45, 7) is 2.08. The van der Waals surface area contributed by atoms with Crippen molar-refractivity contribution in [3.63, 3.8) is 0 Å². The van der Waals surface area contributed by atoms with Crippen molar-refractivity contribution in [2.45, 2.75) is 19.3 Å². The van der Waals surface area contributed by atoms with E-state index in [4.69, 9.17) is 5.21 Å². The van der Waals surface area contributed by atoms with Crippen LogP contribution in [0.15, 0.2) is 53.7 Å². The highest BCUT2D eigenvalue weighted by Gasteiger charge is 2.05. The second-order valence-electron chi connectivity index (χ2n) is 4.56. The normalized spacial score (nSPS) is 12.7. The SMILES string of the molecule is CC(CC=NO)c1ccc(-c2ccc(F)cc2)cc1. The van der Waals surface area contributed by atoms with Gasteiger partial charge in [0.25, 0.3) is 0 Å². The van der Waals surface area contributed by atoms with E-state index in [1.165, 1.54) is 23.9 Å². The van der Waals surface area contributed by atoms with E-state index < -0.39 is 0 Å². The molecule has 0 aliphatic heterocycles. The van der Waals surface area contributed by atoms with Crippen molar-refractivity contribution in [3.05, 3.63) is 59.9 Å². The van der Waals surface area contributed by atoms with E-state index in [-0.39, 0.29) is 5.82 Å². The molecule has 19 heavy (non-hydrogen) atoms. The van der Waals surface area contributed by atoms with E-state index >= 15 is 0 Å². The molecule has 0 radical (unpaired) electrons. The molecule has 1 unspecified atom stereocenters. The second kappa shape index (κ2) is 6.14. The number of hydrogen-bond donors (Lipinski definition) is 1. The van der Waals surface area contributed by atoms with E-state index in [1.54, 1.807) is 12.1 Å². The largest absolute Gasteiger partial charge is 0.411 e. The third-order valence-electron chi connectivity index (χ3n) is 3.20. The van der Waals surface area contributed by atoms with Crippen LogP contribution in [0.1, 0.15) is 24.8 Å². The Morgan fingerprint density at radius 2 is 1.58 bits per heavy atom. The Morgan fingerprint density at radius 1 is 1.05 bits per heavy atom. The molecule has 1 N–H and O–H groups in total. The number of nitrogens with zero attached hydrogens (tertiary/aromatic N) is 1. The highest BCUT2D eigenvalue weighted by molar-refractivity contribution is 5.64. The van der Waals surface area contributed by atoms with E-state index in [0.29, 0.717) is 12.3 Å². The number of halogens is 1. The summed E-state index contributed by atoms with van der Waals surface area (Å²) in [4.78, 5) is 0. The standard InChI is InChI=1S/C16H16FNO/c1-12(10-11-18-19)13-2-4-14(5-3-13)15-6-8-16(17)9-7-15/h2-9,11-12,19H,10H2,1H3. The molecule has 1 atom stereocenters. The monoisotopic (exact) mass is 257 g/mol. The van der Waals surface area contributed by atoms with Crippen molar-refractivity contribution in [2.24, 2.45) is 5.16 Å². The van der Waals surface area contributed by atoms with Gasteiger partial charge in [0.05, 0.1) is 0 Å². The highest BCUT2D eigenvalue weighted by Crippen LogP contribution is 2.24. The van der Waals surface area contributed by atoms with Gasteiger partial charge in [0.2, 0.25) is 0 Å². The zero-order valence-corrected chi connectivity index (χ0v) is 10.8. The molecule has 98 valence electrons. The van der Waals surface area contributed by atoms with Gasteiger partial charge in [-0.3, -0.25) is 0 Å². The number of oxime groups is 1. The average molecular weight is 257 g/mol. The lowest BCUT2D eigenvalue weighted by atomic mass is 9.96. The van der Waals surface area contributed by atoms with Gasteiger partial charge in [0, 0.05) is 6.21 Å². The molecule has 0 aliphatic carbocycles. The van der Waals surface area contributed by atoms with Crippen molar-refractivity contribution < 1.29 is 9.60 Å². The van der Waals surface area contributed by atoms with Gasteiger partial charge < -0.3 is 5.21 Å². The van der Waals surface area contributed by atoms with Crippen LogP contribution in [0.5, 0.6) is 0 Å². The van der Waals surface area contributed by atoms with E-state index in [1.807, 2.05) is 12.1 Å². The van der Waals surface area contributed by atoms with Gasteiger partial charge in [0.15, 0.2) is 0 Å². The predicted octanol–water partition coefficient (Wildman–Crippen LogP) is 4.45. The minimum atomic E-state index is -0.225. The number of benzene rings is 2. The molecule has 0 heterocycles. The summed E-state index contributed by atoms with van der Waals surface area (Å²) in [5.41, 5.74) is 3.25. The first kappa shape index (κ1) is 13.3. The Kier molecular flexibility index (Phi) is 4.29. The maximum Gasteiger partial charge on any atom is 0.123 e. The van der Waals surface area contributed by atoms with Gasteiger partial charge in [-0.05, 0) is 41.2 Å². The van der Waals surface area contributed by atoms with Crippen LogP contribution in [0.25, 0.3) is 11.1 Å². The zero-order valence-electron chi connectivity index (χ0n) is 10.8. The first-order valence-electron chi connectivity index (χ1n) is 6.22. The Labute approximate surface area is 112 Å². The molecule has 2 nitrogen and oxygen atoms in total. The van der Waals surface area contributed by atoms with Crippen LogP contribution in [-0.2, 0) is 0 Å². The molecular formula is C16H16FNO. The molecule has 0 spiro atoms. The maximum atomic E-state index is 12.9. The van der Waals surface area contributed by atoms with E-state index in [9.17, 15) is 4.39 Å². The van der Waals surface area contributed by atoms with Crippen LogP contribution in [-0.4, -0.2) is 11.4 Å². The average Bonchev–Trinajstić information content (AvgIpc) is 2.46. The van der Waals surface area contributed by atoms with Gasteiger partial charge in [-0.2, -0.15) is 0 Å². The fourth-order valence-electron chi connectivity index (χ4n) is 1.99. The molecule has 0 fully saturated rings. The molecule has 0 amide bonds. The summed E-state index contributed by atoms with van der Waals surface area (Å²) in [7, 11) is 0. The fraction of sp³-hybridized carbons (Fsp3) is 0.188. The van der Waals surface area contributed by atoms with Gasteiger partial charge in [0.1, 0.15) is 5.82 Å². The summed E-state index contributed by atoms with van der Waals surface area (Å²) < 4.78 is 12.9. The maximum absolute atomic E-state index is 12.9. The topological polar surface area (TPSA) is 32.6 Å². The summed E-state index contributed by atoms with van der Waals surface area (Å²) in [5.74, 6) is 0.0791. The minimum Gasteiger partial charge on any atom is -0.411 e. The van der Waals surface area contributed by atoms with Crippen molar-refractivity contribution in [1.29, 1.82) is 0 Å². The molecule has 2 aromatic rings. The van der Waals surface area contributed by atoms with Crippen molar-refractivity contribution in [2.75, 3.05) is 0 Å². The van der Waals surface area contributed by atoms with Crippen molar-refractivity contribution >= 4 is 6.21 Å². The zero-order chi connectivity index (χ0) is 13.7.